The van der Waals surface area contributed by atoms with E-state index in [1.807, 2.05) is 0 Å². The lowest BCUT2D eigenvalue weighted by molar-refractivity contribution is -0.142. The van der Waals surface area contributed by atoms with E-state index in [1.54, 1.807) is 80.8 Å². The number of guanidine groups is 1. The highest BCUT2D eigenvalue weighted by molar-refractivity contribution is 7.98. The van der Waals surface area contributed by atoms with Gasteiger partial charge in [-0.25, -0.2) is 4.79 Å². The summed E-state index contributed by atoms with van der Waals surface area (Å²) >= 11 is 1.30. The monoisotopic (exact) mass is 1340 g/mol. The molecule has 0 aliphatic carbocycles. The van der Waals surface area contributed by atoms with Crippen molar-refractivity contribution in [2.45, 2.75) is 165 Å². The Morgan fingerprint density at radius 1 is 0.511 bits per heavy atom. The summed E-state index contributed by atoms with van der Waals surface area (Å²) in [5.41, 5.74) is 17.5. The number of carbonyl (C=O) groups is 14. The van der Waals surface area contributed by atoms with Crippen LogP contribution in [0.3, 0.4) is 0 Å². The number of nitrogens with zero attached hydrogens (tertiary/aromatic N) is 1. The van der Waals surface area contributed by atoms with Crippen molar-refractivity contribution < 1.29 is 92.7 Å². The number of carboxylic acids is 3. The lowest BCUT2D eigenvalue weighted by Gasteiger charge is -2.27. The molecule has 0 saturated heterocycles. The first-order chi connectivity index (χ1) is 44.3. The van der Waals surface area contributed by atoms with Crippen molar-refractivity contribution in [1.29, 1.82) is 0 Å². The minimum Gasteiger partial charge on any atom is -0.481 e. The van der Waals surface area contributed by atoms with Gasteiger partial charge in [0.15, 0.2) is 5.96 Å². The maximum absolute atomic E-state index is 14.2. The lowest BCUT2D eigenvalue weighted by Crippen LogP contribution is -2.60. The summed E-state index contributed by atoms with van der Waals surface area (Å²) < 4.78 is 0. The van der Waals surface area contributed by atoms with Crippen molar-refractivity contribution in [3.63, 3.8) is 0 Å². The second-order valence-electron chi connectivity index (χ2n) is 22.3. The van der Waals surface area contributed by atoms with E-state index in [-0.39, 0.29) is 62.7 Å². The van der Waals surface area contributed by atoms with Gasteiger partial charge in [-0.15, -0.1) is 0 Å². The van der Waals surface area contributed by atoms with Crippen molar-refractivity contribution in [3.05, 3.63) is 71.8 Å². The molecule has 0 bridgehead atoms. The quantitative estimate of drug-likeness (QED) is 0.0167. The van der Waals surface area contributed by atoms with Gasteiger partial charge in [0.2, 0.25) is 65.0 Å². The van der Waals surface area contributed by atoms with E-state index >= 15 is 0 Å². The van der Waals surface area contributed by atoms with Gasteiger partial charge in [-0.05, 0) is 81.9 Å². The molecule has 34 nitrogen and oxygen atoms in total. The molecule has 0 saturated carbocycles. The number of carbonyl (C=O) groups excluding carboxylic acids is 11. The topological polar surface area (TPSA) is 563 Å². The van der Waals surface area contributed by atoms with E-state index in [1.165, 1.54) is 18.7 Å². The molecule has 0 unspecified atom stereocenters. The molecule has 0 radical (unpaired) electrons. The van der Waals surface area contributed by atoms with Crippen LogP contribution < -0.4 is 75.7 Å². The molecular weight excluding hydrogens is 1250 g/mol. The van der Waals surface area contributed by atoms with Gasteiger partial charge in [0, 0.05) is 25.8 Å². The summed E-state index contributed by atoms with van der Waals surface area (Å²) in [6, 6.07) is -0.263. The SMILES string of the molecule is CSCC[C@H](NC(=O)[C@@H](NC(=O)CNC(=O)[C@H](Cc1ccccc1)NC(=O)[C@H](CC(C)C)NC(=O)[C@H](C)NC(=O)[C@H](CC(=O)O)NC(=O)[C@H](CCC(=O)O)NC(=O)[C@H](CO)NC(=O)[C@H](C)N)[C@@H](C)O)C(=O)N[C@@H](CCCN=C(N)N)C(=O)N[C@@H](Cc1ccccc1)C(=O)O. The first-order valence-corrected chi connectivity index (χ1v) is 31.3. The average molecular weight is 1340 g/mol. The fraction of sp³-hybridized carbons (Fsp3) is 0.542. The van der Waals surface area contributed by atoms with E-state index in [9.17, 15) is 92.7 Å². The van der Waals surface area contributed by atoms with Crippen LogP contribution in [0.25, 0.3) is 0 Å². The molecule has 94 heavy (non-hydrogen) atoms. The third-order valence-corrected chi connectivity index (χ3v) is 14.4. The predicted molar refractivity (Wildman–Crippen MR) is 340 cm³/mol. The Bertz CT molecular complexity index is 2940. The van der Waals surface area contributed by atoms with Crippen molar-refractivity contribution in [3.8, 4) is 0 Å². The molecule has 11 amide bonds. The summed E-state index contributed by atoms with van der Waals surface area (Å²) in [4.78, 5) is 189. The predicted octanol–water partition coefficient (Wildman–Crippen LogP) is -5.55. The summed E-state index contributed by atoms with van der Waals surface area (Å²) in [5.74, 6) is -16.0. The van der Waals surface area contributed by atoms with E-state index in [0.717, 1.165) is 13.8 Å². The number of amides is 11. The van der Waals surface area contributed by atoms with Crippen molar-refractivity contribution in [2.24, 2.45) is 28.1 Å². The van der Waals surface area contributed by atoms with Crippen LogP contribution in [-0.2, 0) is 80.0 Å². The van der Waals surface area contributed by atoms with E-state index in [0.29, 0.717) is 11.1 Å². The second-order valence-corrected chi connectivity index (χ2v) is 23.3. The van der Waals surface area contributed by atoms with Crippen LogP contribution in [0.2, 0.25) is 0 Å². The summed E-state index contributed by atoms with van der Waals surface area (Å²) in [6.07, 6.45) is -2.71. The van der Waals surface area contributed by atoms with Gasteiger partial charge < -0.3 is 101 Å². The first-order valence-electron chi connectivity index (χ1n) is 29.9. The molecule has 0 heterocycles. The number of rotatable bonds is 43. The Morgan fingerprint density at radius 2 is 0.968 bits per heavy atom. The Labute approximate surface area is 546 Å². The Balaban J connectivity index is 2.32. The number of aliphatic carboxylic acids is 3. The third-order valence-electron chi connectivity index (χ3n) is 13.8. The highest BCUT2D eigenvalue weighted by atomic mass is 32.2. The lowest BCUT2D eigenvalue weighted by atomic mass is 10.0. The summed E-state index contributed by atoms with van der Waals surface area (Å²) in [7, 11) is 0. The van der Waals surface area contributed by atoms with Gasteiger partial charge in [-0.3, -0.25) is 67.3 Å². The molecule has 2 rings (SSSR count). The fourth-order valence-electron chi connectivity index (χ4n) is 8.73. The zero-order chi connectivity index (χ0) is 70.8. The molecule has 2 aromatic carbocycles. The summed E-state index contributed by atoms with van der Waals surface area (Å²) in [5, 5.41) is 75.5. The smallest absolute Gasteiger partial charge is 0.326 e. The molecule has 35 heteroatoms. The molecule has 520 valence electrons. The molecule has 2 aromatic rings. The molecule has 22 N–H and O–H groups in total. The molecule has 0 aliphatic heterocycles. The van der Waals surface area contributed by atoms with Crippen LogP contribution in [0.1, 0.15) is 90.7 Å². The summed E-state index contributed by atoms with van der Waals surface area (Å²) in [6.45, 7) is 5.17. The number of nitrogens with one attached hydrogen (secondary N) is 11. The number of carboxylic acid groups (broad SMARTS) is 3. The molecular formula is C59H89N15O19S. The van der Waals surface area contributed by atoms with Crippen molar-refractivity contribution >= 4 is 101 Å². The van der Waals surface area contributed by atoms with Crippen LogP contribution >= 0.6 is 11.8 Å². The number of nitrogens with two attached hydrogens (primary N) is 3. The van der Waals surface area contributed by atoms with Gasteiger partial charge >= 0.3 is 17.9 Å². The van der Waals surface area contributed by atoms with Gasteiger partial charge in [0.05, 0.1) is 31.7 Å². The first kappa shape index (κ1) is 80.6. The van der Waals surface area contributed by atoms with Gasteiger partial charge in [-0.1, -0.05) is 74.5 Å². The zero-order valence-electron chi connectivity index (χ0n) is 53.0. The average Bonchev–Trinajstić information content (AvgIpc) is 1.05. The number of thioether (sulfide) groups is 1. The number of aliphatic imine (C=N–C) groups is 1. The Hall–Kier alpha value is -9.48. The molecule has 0 spiro atoms. The van der Waals surface area contributed by atoms with Crippen molar-refractivity contribution in [2.75, 3.05) is 31.7 Å². The van der Waals surface area contributed by atoms with Crippen LogP contribution in [0.4, 0.5) is 0 Å². The highest BCUT2D eigenvalue weighted by Crippen LogP contribution is 2.12. The minimum atomic E-state index is -1.98. The van der Waals surface area contributed by atoms with Crippen LogP contribution in [-0.4, -0.2) is 219 Å². The van der Waals surface area contributed by atoms with Crippen LogP contribution in [0.15, 0.2) is 65.7 Å². The van der Waals surface area contributed by atoms with Gasteiger partial charge in [-0.2, -0.15) is 11.8 Å². The highest BCUT2D eigenvalue weighted by Gasteiger charge is 2.36. The van der Waals surface area contributed by atoms with Gasteiger partial charge in [0.1, 0.15) is 60.4 Å². The number of hydrogen-bond donors (Lipinski definition) is 19. The largest absolute Gasteiger partial charge is 0.481 e. The van der Waals surface area contributed by atoms with Crippen LogP contribution in [0.5, 0.6) is 0 Å². The maximum Gasteiger partial charge on any atom is 0.326 e. The van der Waals surface area contributed by atoms with Crippen molar-refractivity contribution in [1.82, 2.24) is 58.5 Å². The number of aliphatic hydroxyl groups excluding tert-OH is 2. The number of hydrogen-bond acceptors (Lipinski definition) is 19. The van der Waals surface area contributed by atoms with E-state index in [2.05, 4.69) is 63.5 Å². The molecule has 0 fully saturated rings. The normalized spacial score (nSPS) is 14.8. The number of aliphatic hydroxyl groups is 2. The van der Waals surface area contributed by atoms with E-state index < -0.39 is 188 Å². The second kappa shape index (κ2) is 41.9. The van der Waals surface area contributed by atoms with Crippen LogP contribution in [0, 0.1) is 5.92 Å². The zero-order valence-corrected chi connectivity index (χ0v) is 53.8. The molecule has 0 aliphatic rings. The molecule has 0 aromatic heterocycles. The molecule has 12 atom stereocenters. The van der Waals surface area contributed by atoms with E-state index in [4.69, 9.17) is 17.2 Å². The standard InChI is InChI=1S/C59H89N15O19S/c1-30(2)24-39(69-49(83)32(4)65-54(88)41(27-46(80)81)71-52(86)37(19-20-45(78)79)67-56(90)43(29-75)73-48(82)31(3)60)55(89)70-40(25-34-14-9-7-10-15-34)50(84)64-28-44(77)74-47(33(5)76)57(91)68-38(21-23-94-6)53(87)66-36(18-13-22-63-59(61)62)51(85)72-42(58(92)93)26-35-16-11-8-12-17-35/h7-12,14-17,30-33,36-43,47,75-76H,13,18-29,60H2,1-6H3,(H,64,84)(H,65,88)(H,66,87)(H,67,90)(H,68,91)(H,69,83)(H,70,89)(H,71,86)(H,72,85)(H,73,82)(H,74,77)(H,78,79)(H,80,81)(H,92,93)(H4,61,62,63)/t31-,32-,33+,36-,37-,38-,39-,40-,41-,42-,43-,47-/m0/s1. The Kier molecular flexibility index (Phi) is 35.9. The Morgan fingerprint density at radius 3 is 1.46 bits per heavy atom. The maximum atomic E-state index is 14.2. The van der Waals surface area contributed by atoms with Gasteiger partial charge in [0.25, 0.3) is 0 Å². The third kappa shape index (κ3) is 30.8. The fourth-order valence-corrected chi connectivity index (χ4v) is 9.20. The number of benzene rings is 2. The minimum absolute atomic E-state index is 0.0332.